The van der Waals surface area contributed by atoms with Crippen LogP contribution in [-0.4, -0.2) is 62.8 Å². The van der Waals surface area contributed by atoms with E-state index in [2.05, 4.69) is 10.0 Å². The molecule has 1 amide bonds. The fourth-order valence-corrected chi connectivity index (χ4v) is 8.90. The predicted octanol–water partition coefficient (Wildman–Crippen LogP) is 1.19. The summed E-state index contributed by atoms with van der Waals surface area (Å²) in [6.07, 6.45) is 0. The number of hydroxylamine groups is 1. The van der Waals surface area contributed by atoms with E-state index in [0.717, 1.165) is 16.9 Å². The Labute approximate surface area is 195 Å². The maximum absolute atomic E-state index is 13.6. The van der Waals surface area contributed by atoms with Gasteiger partial charge in [-0.05, 0) is 43.7 Å². The molecule has 0 saturated carbocycles. The lowest BCUT2D eigenvalue weighted by molar-refractivity contribution is -0.135. The molecule has 32 heavy (non-hydrogen) atoms. The molecule has 1 saturated heterocycles. The number of piperazine rings is 1. The smallest absolute Gasteiger partial charge is 0.283 e. The summed E-state index contributed by atoms with van der Waals surface area (Å²) in [5.41, 5.74) is 2.06. The lowest BCUT2D eigenvalue weighted by Crippen LogP contribution is -2.74. The third kappa shape index (κ3) is 4.43. The van der Waals surface area contributed by atoms with Gasteiger partial charge in [0, 0.05) is 35.6 Å². The van der Waals surface area contributed by atoms with Gasteiger partial charge >= 0.3 is 0 Å². The van der Waals surface area contributed by atoms with Crippen molar-refractivity contribution >= 4 is 48.9 Å². The zero-order valence-electron chi connectivity index (χ0n) is 17.2. The third-order valence-corrected chi connectivity index (χ3v) is 10.9. The average Bonchev–Trinajstić information content (AvgIpc) is 3.23. The minimum atomic E-state index is -4.59. The van der Waals surface area contributed by atoms with Crippen molar-refractivity contribution in [2.75, 3.05) is 19.6 Å². The highest BCUT2D eigenvalue weighted by atomic mass is 35.5. The van der Waals surface area contributed by atoms with Crippen molar-refractivity contribution in [2.45, 2.75) is 29.0 Å². The van der Waals surface area contributed by atoms with Crippen LogP contribution in [0.2, 0.25) is 5.02 Å². The van der Waals surface area contributed by atoms with E-state index in [1.807, 2.05) is 0 Å². The Bertz CT molecular complexity index is 1200. The number of hydrogen-bond donors (Lipinski definition) is 4. The van der Waals surface area contributed by atoms with Gasteiger partial charge in [-0.3, -0.25) is 10.0 Å². The van der Waals surface area contributed by atoms with Gasteiger partial charge < -0.3 is 5.32 Å². The molecule has 2 aromatic rings. The molecule has 1 aromatic heterocycles. The SMILES string of the molecule is CC(C)NS(=O)(=O)[C@@]1(C(=O)NO)CNCCN1S(=O)(=O)c1ccc(-c2ccc(Cl)cc2)s1. The van der Waals surface area contributed by atoms with Crippen molar-refractivity contribution in [3.63, 3.8) is 0 Å². The number of thiophene rings is 1. The van der Waals surface area contributed by atoms with Gasteiger partial charge in [-0.2, -0.15) is 4.31 Å². The Morgan fingerprint density at radius 3 is 2.44 bits per heavy atom. The Balaban J connectivity index is 2.12. The van der Waals surface area contributed by atoms with Crippen LogP contribution in [0.1, 0.15) is 13.8 Å². The average molecular weight is 523 g/mol. The normalized spacial score (nSPS) is 20.4. The molecule has 0 aliphatic carbocycles. The molecule has 1 aromatic carbocycles. The van der Waals surface area contributed by atoms with Crippen molar-refractivity contribution < 1.29 is 26.8 Å². The summed E-state index contributed by atoms with van der Waals surface area (Å²) >= 11 is 6.84. The Kier molecular flexibility index (Phi) is 7.32. The molecule has 2 heterocycles. The number of sulfonamides is 2. The zero-order chi connectivity index (χ0) is 23.7. The minimum Gasteiger partial charge on any atom is -0.312 e. The van der Waals surface area contributed by atoms with Crippen LogP contribution in [0.4, 0.5) is 0 Å². The summed E-state index contributed by atoms with van der Waals surface area (Å²) in [4.78, 5) is 10.7. The van der Waals surface area contributed by atoms with Crippen molar-refractivity contribution in [1.82, 2.24) is 19.8 Å². The van der Waals surface area contributed by atoms with Crippen LogP contribution in [0.15, 0.2) is 40.6 Å². The Morgan fingerprint density at radius 1 is 1.19 bits per heavy atom. The maximum atomic E-state index is 13.6. The fraction of sp³-hybridized carbons (Fsp3) is 0.389. The highest BCUT2D eigenvalue weighted by Crippen LogP contribution is 2.37. The molecular formula is C18H23ClN4O6S3. The number of benzene rings is 1. The molecule has 0 spiro atoms. The van der Waals surface area contributed by atoms with Crippen LogP contribution in [0.25, 0.3) is 10.4 Å². The van der Waals surface area contributed by atoms with Crippen LogP contribution in [0.3, 0.4) is 0 Å². The minimum absolute atomic E-state index is 0.117. The molecule has 1 aliphatic heterocycles. The molecule has 1 atom stereocenters. The summed E-state index contributed by atoms with van der Waals surface area (Å²) in [6.45, 7) is 2.34. The predicted molar refractivity (Wildman–Crippen MR) is 121 cm³/mol. The Morgan fingerprint density at radius 2 is 1.84 bits per heavy atom. The van der Waals surface area contributed by atoms with E-state index in [-0.39, 0.29) is 17.3 Å². The molecule has 1 fully saturated rings. The largest absolute Gasteiger partial charge is 0.312 e. The highest BCUT2D eigenvalue weighted by Gasteiger charge is 2.61. The number of nitrogens with zero attached hydrogens (tertiary/aromatic N) is 1. The van der Waals surface area contributed by atoms with Crippen molar-refractivity contribution in [2.24, 2.45) is 0 Å². The lowest BCUT2D eigenvalue weighted by atomic mass is 10.2. The van der Waals surface area contributed by atoms with E-state index in [9.17, 15) is 26.8 Å². The van der Waals surface area contributed by atoms with Crippen LogP contribution >= 0.6 is 22.9 Å². The second-order valence-corrected chi connectivity index (χ2v) is 12.9. The van der Waals surface area contributed by atoms with E-state index in [0.29, 0.717) is 14.2 Å². The van der Waals surface area contributed by atoms with Gasteiger partial charge in [0.15, 0.2) is 0 Å². The number of halogens is 1. The molecule has 3 rings (SSSR count). The molecule has 14 heteroatoms. The first-order valence-electron chi connectivity index (χ1n) is 9.51. The number of carbonyl (C=O) groups is 1. The molecule has 0 bridgehead atoms. The topological polar surface area (TPSA) is 145 Å². The third-order valence-electron chi connectivity index (χ3n) is 4.81. The van der Waals surface area contributed by atoms with Crippen LogP contribution < -0.4 is 15.5 Å². The standard InChI is InChI=1S/C18H23ClN4O6S3/c1-12(2)22-32(28,29)18(17(24)21-25)11-20-9-10-23(18)31(26,27)16-8-7-15(30-16)13-3-5-14(19)6-4-13/h3-8,12,20,22,25H,9-11H2,1-2H3,(H,21,24)/t18-/m1/s1. The van der Waals surface area contributed by atoms with E-state index in [1.54, 1.807) is 30.3 Å². The lowest BCUT2D eigenvalue weighted by Gasteiger charge is -2.43. The second kappa shape index (κ2) is 9.35. The van der Waals surface area contributed by atoms with Crippen LogP contribution in [0.5, 0.6) is 0 Å². The van der Waals surface area contributed by atoms with Crippen molar-refractivity contribution in [3.05, 3.63) is 41.4 Å². The summed E-state index contributed by atoms with van der Waals surface area (Å²) in [6, 6.07) is 9.14. The summed E-state index contributed by atoms with van der Waals surface area (Å²) in [7, 11) is -9.04. The number of nitrogens with one attached hydrogen (secondary N) is 3. The van der Waals surface area contributed by atoms with E-state index < -0.39 is 43.4 Å². The number of hydrogen-bond acceptors (Lipinski definition) is 8. The fourth-order valence-electron chi connectivity index (χ4n) is 3.40. The van der Waals surface area contributed by atoms with E-state index >= 15 is 0 Å². The van der Waals surface area contributed by atoms with Gasteiger partial charge in [0.05, 0.1) is 0 Å². The first-order chi connectivity index (χ1) is 15.0. The summed E-state index contributed by atoms with van der Waals surface area (Å²) in [5.74, 6) is -1.38. The van der Waals surface area contributed by atoms with Gasteiger partial charge in [0.2, 0.25) is 14.9 Å². The van der Waals surface area contributed by atoms with Gasteiger partial charge in [-0.1, -0.05) is 23.7 Å². The number of amides is 1. The van der Waals surface area contributed by atoms with E-state index in [1.165, 1.54) is 25.4 Å². The Hall–Kier alpha value is -1.58. The van der Waals surface area contributed by atoms with Crippen molar-refractivity contribution in [1.29, 1.82) is 0 Å². The molecule has 4 N–H and O–H groups in total. The quantitative estimate of drug-likeness (QED) is 0.315. The first-order valence-corrected chi connectivity index (χ1v) is 13.6. The first kappa shape index (κ1) is 25.1. The second-order valence-electron chi connectivity index (χ2n) is 7.38. The molecule has 0 unspecified atom stereocenters. The molecule has 1 aliphatic rings. The maximum Gasteiger partial charge on any atom is 0.283 e. The van der Waals surface area contributed by atoms with Gasteiger partial charge in [0.1, 0.15) is 4.21 Å². The summed E-state index contributed by atoms with van der Waals surface area (Å²) < 4.78 is 56.4. The number of rotatable bonds is 7. The molecule has 0 radical (unpaired) electrons. The van der Waals surface area contributed by atoms with Gasteiger partial charge in [-0.25, -0.2) is 27.0 Å². The molecule has 176 valence electrons. The van der Waals surface area contributed by atoms with Crippen LogP contribution in [0, 0.1) is 0 Å². The zero-order valence-corrected chi connectivity index (χ0v) is 20.4. The van der Waals surface area contributed by atoms with Crippen molar-refractivity contribution in [3.8, 4) is 10.4 Å². The highest BCUT2D eigenvalue weighted by molar-refractivity contribution is 7.95. The van der Waals surface area contributed by atoms with E-state index in [4.69, 9.17) is 11.6 Å². The van der Waals surface area contributed by atoms with Crippen LogP contribution in [-0.2, 0) is 24.8 Å². The van der Waals surface area contributed by atoms with Gasteiger partial charge in [0.25, 0.3) is 15.9 Å². The monoisotopic (exact) mass is 522 g/mol. The number of carbonyl (C=O) groups excluding carboxylic acids is 1. The molecule has 10 nitrogen and oxygen atoms in total. The van der Waals surface area contributed by atoms with Gasteiger partial charge in [-0.15, -0.1) is 11.3 Å². The summed E-state index contributed by atoms with van der Waals surface area (Å²) in [5, 5.41) is 12.6. The molecular weight excluding hydrogens is 500 g/mol.